The van der Waals surface area contributed by atoms with Crippen molar-refractivity contribution in [3.05, 3.63) is 87.6 Å². The molecule has 8 rings (SSSR count). The van der Waals surface area contributed by atoms with Crippen molar-refractivity contribution in [3.63, 3.8) is 0 Å². The summed E-state index contributed by atoms with van der Waals surface area (Å²) in [6.45, 7) is 5.84. The van der Waals surface area contributed by atoms with Crippen LogP contribution in [0.5, 0.6) is 11.5 Å². The van der Waals surface area contributed by atoms with E-state index in [1.807, 2.05) is 24.4 Å². The summed E-state index contributed by atoms with van der Waals surface area (Å²) in [6.07, 6.45) is 10.5. The van der Waals surface area contributed by atoms with Crippen LogP contribution in [0.2, 0.25) is 0 Å². The number of unbranched alkanes of at least 4 members (excludes halogenated alkanes) is 1. The third kappa shape index (κ3) is 7.31. The van der Waals surface area contributed by atoms with Gasteiger partial charge >= 0.3 is 0 Å². The molecule has 13 heteroatoms. The fourth-order valence-corrected chi connectivity index (χ4v) is 8.98. The second-order valence-electron chi connectivity index (χ2n) is 15.7. The van der Waals surface area contributed by atoms with Gasteiger partial charge in [-0.15, -0.1) is 0 Å². The lowest BCUT2D eigenvalue weighted by Crippen LogP contribution is -2.54. The molecule has 1 spiro atoms. The van der Waals surface area contributed by atoms with Crippen molar-refractivity contribution in [1.29, 1.82) is 0 Å². The number of pyridine rings is 2. The summed E-state index contributed by atoms with van der Waals surface area (Å²) in [5.74, 6) is 5.84. The van der Waals surface area contributed by atoms with E-state index >= 15 is 0 Å². The largest absolute Gasteiger partial charge is 0.496 e. The minimum absolute atomic E-state index is 0.0828. The Kier molecular flexibility index (Phi) is 10.4. The molecule has 1 atom stereocenters. The van der Waals surface area contributed by atoms with Gasteiger partial charge in [-0.3, -0.25) is 44.1 Å². The molecular formula is C44H46N6O7. The monoisotopic (exact) mass is 770 g/mol. The lowest BCUT2D eigenvalue weighted by molar-refractivity contribution is -0.136. The van der Waals surface area contributed by atoms with Gasteiger partial charge in [0.1, 0.15) is 17.5 Å². The Morgan fingerprint density at radius 2 is 1.60 bits per heavy atom. The first-order chi connectivity index (χ1) is 27.6. The van der Waals surface area contributed by atoms with Gasteiger partial charge in [-0.25, -0.2) is 0 Å². The number of nitrogens with zero attached hydrogens (tertiary/aromatic N) is 5. The molecule has 1 unspecified atom stereocenters. The molecule has 3 saturated heterocycles. The molecule has 6 heterocycles. The maximum atomic E-state index is 13.2. The highest BCUT2D eigenvalue weighted by atomic mass is 16.5. The smallest absolute Gasteiger partial charge is 0.262 e. The average molecular weight is 771 g/mol. The van der Waals surface area contributed by atoms with E-state index in [9.17, 15) is 24.0 Å². The summed E-state index contributed by atoms with van der Waals surface area (Å²) < 4.78 is 13.5. The van der Waals surface area contributed by atoms with Crippen molar-refractivity contribution in [2.75, 3.05) is 46.9 Å². The number of aryl methyl sites for hydroxylation is 1. The number of carbonyl (C=O) groups excluding carboxylic acids is 4. The van der Waals surface area contributed by atoms with Gasteiger partial charge in [0, 0.05) is 62.7 Å². The van der Waals surface area contributed by atoms with E-state index in [2.05, 4.69) is 31.9 Å². The Hall–Kier alpha value is -5.84. The zero-order valence-corrected chi connectivity index (χ0v) is 32.6. The van der Waals surface area contributed by atoms with Crippen LogP contribution in [-0.2, 0) is 23.2 Å². The molecule has 4 aromatic rings. The number of hydrogen-bond donors (Lipinski definition) is 1. The molecule has 294 valence electrons. The first kappa shape index (κ1) is 38.1. The number of piperidine rings is 2. The molecule has 0 radical (unpaired) electrons. The molecule has 2 aromatic carbocycles. The second-order valence-corrected chi connectivity index (χ2v) is 15.7. The van der Waals surface area contributed by atoms with Gasteiger partial charge in [-0.2, -0.15) is 0 Å². The highest BCUT2D eigenvalue weighted by Crippen LogP contribution is 2.43. The molecule has 4 aliphatic heterocycles. The van der Waals surface area contributed by atoms with E-state index in [0.717, 1.165) is 97.0 Å². The normalized spacial score (nSPS) is 19.5. The molecule has 4 aliphatic rings. The van der Waals surface area contributed by atoms with E-state index in [1.54, 1.807) is 56.4 Å². The summed E-state index contributed by atoms with van der Waals surface area (Å²) >= 11 is 0. The molecule has 0 saturated carbocycles. The summed E-state index contributed by atoms with van der Waals surface area (Å²) in [5.41, 5.74) is 4.20. The molecule has 1 N–H and O–H groups in total. The van der Waals surface area contributed by atoms with Gasteiger partial charge in [0.05, 0.1) is 36.3 Å². The van der Waals surface area contributed by atoms with Crippen LogP contribution in [0.3, 0.4) is 0 Å². The SMILES string of the molecule is COc1cc(-c2cn(C)c(=O)c3cnccc23)cc(OC)c1CN1CCC2(CC1)CCN(CCCC#Cc1ccc3c(c1)C(=O)N(C1CCC(=O)NC1=O)C3=O)C2. The first-order valence-electron chi connectivity index (χ1n) is 19.6. The number of nitrogens with one attached hydrogen (secondary N) is 1. The number of aromatic nitrogens is 2. The number of benzene rings is 2. The molecule has 3 fully saturated rings. The van der Waals surface area contributed by atoms with E-state index in [1.165, 1.54) is 6.42 Å². The van der Waals surface area contributed by atoms with Crippen molar-refractivity contribution >= 4 is 34.4 Å². The Balaban J connectivity index is 0.840. The zero-order chi connectivity index (χ0) is 39.8. The van der Waals surface area contributed by atoms with Crippen molar-refractivity contribution in [2.24, 2.45) is 12.5 Å². The minimum Gasteiger partial charge on any atom is -0.496 e. The quantitative estimate of drug-likeness (QED) is 0.150. The van der Waals surface area contributed by atoms with Crippen molar-refractivity contribution in [2.45, 2.75) is 57.5 Å². The Morgan fingerprint density at radius 3 is 2.32 bits per heavy atom. The molecule has 0 bridgehead atoms. The molecule has 57 heavy (non-hydrogen) atoms. The highest BCUT2D eigenvalue weighted by Gasteiger charge is 2.45. The van der Waals surface area contributed by atoms with Crippen LogP contribution in [0.1, 0.15) is 76.8 Å². The van der Waals surface area contributed by atoms with E-state index in [-0.39, 0.29) is 29.5 Å². The lowest BCUT2D eigenvalue weighted by Gasteiger charge is -2.39. The number of amides is 4. The number of likely N-dealkylation sites (tertiary alicyclic amines) is 2. The fraction of sp³-hybridized carbons (Fsp3) is 0.409. The lowest BCUT2D eigenvalue weighted by atomic mass is 9.77. The van der Waals surface area contributed by atoms with Crippen LogP contribution >= 0.6 is 0 Å². The van der Waals surface area contributed by atoms with Crippen molar-refractivity contribution < 1.29 is 28.7 Å². The Bertz CT molecular complexity index is 2400. The van der Waals surface area contributed by atoms with Gasteiger partial charge < -0.3 is 18.9 Å². The molecule has 2 aromatic heterocycles. The number of imide groups is 2. The van der Waals surface area contributed by atoms with Crippen LogP contribution < -0.4 is 20.3 Å². The van der Waals surface area contributed by atoms with E-state index in [0.29, 0.717) is 22.8 Å². The average Bonchev–Trinajstić information content (AvgIpc) is 3.73. The molecule has 4 amide bonds. The fourth-order valence-electron chi connectivity index (χ4n) is 8.98. The van der Waals surface area contributed by atoms with Gasteiger partial charge in [-0.1, -0.05) is 11.8 Å². The molecular weight excluding hydrogens is 725 g/mol. The van der Waals surface area contributed by atoms with E-state index in [4.69, 9.17) is 9.47 Å². The number of methoxy groups -OCH3 is 2. The number of hydrogen-bond acceptors (Lipinski definition) is 10. The third-order valence-electron chi connectivity index (χ3n) is 12.2. The van der Waals surface area contributed by atoms with Gasteiger partial charge in [-0.05, 0) is 111 Å². The third-order valence-corrected chi connectivity index (χ3v) is 12.2. The predicted octanol–water partition coefficient (Wildman–Crippen LogP) is 4.14. The number of rotatable bonds is 9. The number of fused-ring (bicyclic) bond motifs is 2. The van der Waals surface area contributed by atoms with Crippen LogP contribution in [-0.4, -0.2) is 101 Å². The summed E-state index contributed by atoms with van der Waals surface area (Å²) in [5, 5.41) is 3.62. The van der Waals surface area contributed by atoms with Gasteiger partial charge in [0.2, 0.25) is 11.8 Å². The highest BCUT2D eigenvalue weighted by molar-refractivity contribution is 6.23. The standard InChI is InChI=1S/C44H46N6O7/c1-47-25-34(30-12-16-45-24-33(30)41(47)53)29-22-37(56-2)35(38(23-29)57-3)26-48-18-13-44(14-19-48)15-20-49(27-44)17-6-4-5-7-28-8-9-31-32(21-28)43(55)50(42(31)54)36-10-11-39(51)46-40(36)52/h8-9,12,16,21-25,36H,4,6,10-11,13-15,17-20,26-27H2,1-3H3,(H,46,51,52). The summed E-state index contributed by atoms with van der Waals surface area (Å²) in [6, 6.07) is 9.92. The molecule has 13 nitrogen and oxygen atoms in total. The predicted molar refractivity (Wildman–Crippen MR) is 213 cm³/mol. The van der Waals surface area contributed by atoms with Crippen LogP contribution in [0.25, 0.3) is 21.9 Å². The maximum absolute atomic E-state index is 13.2. The Morgan fingerprint density at radius 1 is 0.877 bits per heavy atom. The second kappa shape index (κ2) is 15.6. The maximum Gasteiger partial charge on any atom is 0.262 e. The zero-order valence-electron chi connectivity index (χ0n) is 32.6. The summed E-state index contributed by atoms with van der Waals surface area (Å²) in [7, 11) is 5.13. The van der Waals surface area contributed by atoms with Gasteiger partial charge in [0.15, 0.2) is 0 Å². The topological polar surface area (TPSA) is 143 Å². The molecule has 0 aliphatic carbocycles. The minimum atomic E-state index is -0.986. The Labute approximate surface area is 330 Å². The van der Waals surface area contributed by atoms with Crippen LogP contribution in [0, 0.1) is 17.3 Å². The first-order valence-corrected chi connectivity index (χ1v) is 19.6. The van der Waals surface area contributed by atoms with Crippen LogP contribution in [0.4, 0.5) is 0 Å². The van der Waals surface area contributed by atoms with Gasteiger partial charge in [0.25, 0.3) is 17.4 Å². The summed E-state index contributed by atoms with van der Waals surface area (Å²) in [4.78, 5) is 73.1. The van der Waals surface area contributed by atoms with Crippen molar-refractivity contribution in [1.82, 2.24) is 29.6 Å². The van der Waals surface area contributed by atoms with Crippen molar-refractivity contribution in [3.8, 4) is 34.5 Å². The van der Waals surface area contributed by atoms with Crippen LogP contribution in [0.15, 0.2) is 59.8 Å². The van der Waals surface area contributed by atoms with E-state index < -0.39 is 29.7 Å². The number of carbonyl (C=O) groups is 4. The number of ether oxygens (including phenoxy) is 2.